The number of epoxide rings is 1. The van der Waals surface area contributed by atoms with Gasteiger partial charge in [0.1, 0.15) is 0 Å². The van der Waals surface area contributed by atoms with Crippen LogP contribution in [-0.4, -0.2) is 12.2 Å². The highest BCUT2D eigenvalue weighted by Gasteiger charge is 2.46. The molecule has 0 saturated carbocycles. The van der Waals surface area contributed by atoms with E-state index in [1.807, 2.05) is 0 Å². The molecule has 1 heteroatoms. The SMILES string of the molecule is CC(C)CCC1(C(C)C)CO1. The standard InChI is InChI=1S/C10H20O/c1-8(2)5-6-10(7-11-10)9(3)4/h8-9H,5-7H2,1-4H3. The minimum absolute atomic E-state index is 0.282. The molecule has 0 aromatic carbocycles. The molecule has 0 aromatic rings. The maximum atomic E-state index is 5.51. The molecule has 0 N–H and O–H groups in total. The van der Waals surface area contributed by atoms with Gasteiger partial charge in [-0.25, -0.2) is 0 Å². The van der Waals surface area contributed by atoms with E-state index in [0.717, 1.165) is 12.5 Å². The second-order valence-corrected chi connectivity index (χ2v) is 4.44. The van der Waals surface area contributed by atoms with Gasteiger partial charge >= 0.3 is 0 Å². The smallest absolute Gasteiger partial charge is 0.0939 e. The molecule has 1 aliphatic rings. The number of hydrogen-bond donors (Lipinski definition) is 0. The average Bonchev–Trinajstić information content (AvgIpc) is 2.63. The van der Waals surface area contributed by atoms with Crippen LogP contribution in [-0.2, 0) is 4.74 Å². The monoisotopic (exact) mass is 156 g/mol. The first-order valence-electron chi connectivity index (χ1n) is 4.71. The molecule has 1 saturated heterocycles. The molecule has 0 spiro atoms. The first-order chi connectivity index (χ1) is 5.07. The Labute approximate surface area is 70.1 Å². The van der Waals surface area contributed by atoms with Gasteiger partial charge in [-0.2, -0.15) is 0 Å². The van der Waals surface area contributed by atoms with Gasteiger partial charge in [0, 0.05) is 0 Å². The Bertz CT molecular complexity index is 123. The predicted octanol–water partition coefficient (Wildman–Crippen LogP) is 2.85. The normalized spacial score (nSPS) is 30.0. The Hall–Kier alpha value is -0.0400. The van der Waals surface area contributed by atoms with E-state index in [9.17, 15) is 0 Å². The maximum Gasteiger partial charge on any atom is 0.0939 e. The van der Waals surface area contributed by atoms with Crippen LogP contribution < -0.4 is 0 Å². The van der Waals surface area contributed by atoms with Crippen molar-refractivity contribution in [3.8, 4) is 0 Å². The predicted molar refractivity (Wildman–Crippen MR) is 47.6 cm³/mol. The zero-order valence-electron chi connectivity index (χ0n) is 8.18. The molecule has 0 aromatic heterocycles. The minimum atomic E-state index is 0.282. The zero-order chi connectivity index (χ0) is 8.48. The fraction of sp³-hybridized carbons (Fsp3) is 1.00. The summed E-state index contributed by atoms with van der Waals surface area (Å²) in [6, 6.07) is 0. The average molecular weight is 156 g/mol. The Kier molecular flexibility index (Phi) is 2.58. The van der Waals surface area contributed by atoms with Gasteiger partial charge in [-0.1, -0.05) is 27.7 Å². The summed E-state index contributed by atoms with van der Waals surface area (Å²) in [7, 11) is 0. The van der Waals surface area contributed by atoms with E-state index in [1.54, 1.807) is 0 Å². The largest absolute Gasteiger partial charge is 0.369 e. The third kappa shape index (κ3) is 2.19. The van der Waals surface area contributed by atoms with Crippen LogP contribution in [0.4, 0.5) is 0 Å². The highest BCUT2D eigenvalue weighted by atomic mass is 16.6. The lowest BCUT2D eigenvalue weighted by molar-refractivity contribution is 0.215. The van der Waals surface area contributed by atoms with Crippen molar-refractivity contribution in [2.75, 3.05) is 6.61 Å². The highest BCUT2D eigenvalue weighted by Crippen LogP contribution is 2.40. The fourth-order valence-electron chi connectivity index (χ4n) is 1.39. The van der Waals surface area contributed by atoms with Gasteiger partial charge in [0.2, 0.25) is 0 Å². The highest BCUT2D eigenvalue weighted by molar-refractivity contribution is 4.94. The molecule has 1 unspecified atom stereocenters. The van der Waals surface area contributed by atoms with E-state index in [2.05, 4.69) is 27.7 Å². The number of hydrogen-bond acceptors (Lipinski definition) is 1. The lowest BCUT2D eigenvalue weighted by Gasteiger charge is -2.16. The van der Waals surface area contributed by atoms with Crippen LogP contribution in [0.3, 0.4) is 0 Å². The Morgan fingerprint density at radius 3 is 2.09 bits per heavy atom. The second-order valence-electron chi connectivity index (χ2n) is 4.44. The van der Waals surface area contributed by atoms with Gasteiger partial charge in [-0.15, -0.1) is 0 Å². The van der Waals surface area contributed by atoms with E-state index >= 15 is 0 Å². The topological polar surface area (TPSA) is 12.5 Å². The molecular formula is C10H20O. The van der Waals surface area contributed by atoms with Gasteiger partial charge in [0.15, 0.2) is 0 Å². The summed E-state index contributed by atoms with van der Waals surface area (Å²) in [6.07, 6.45) is 2.56. The molecule has 1 rings (SSSR count). The van der Waals surface area contributed by atoms with Crippen LogP contribution in [0.2, 0.25) is 0 Å². The molecular weight excluding hydrogens is 136 g/mol. The van der Waals surface area contributed by atoms with E-state index in [-0.39, 0.29) is 5.60 Å². The molecule has 0 aliphatic carbocycles. The maximum absolute atomic E-state index is 5.51. The van der Waals surface area contributed by atoms with Crippen LogP contribution in [0.1, 0.15) is 40.5 Å². The summed E-state index contributed by atoms with van der Waals surface area (Å²) in [5.41, 5.74) is 0.282. The van der Waals surface area contributed by atoms with E-state index in [1.165, 1.54) is 12.8 Å². The molecule has 11 heavy (non-hydrogen) atoms. The van der Waals surface area contributed by atoms with E-state index in [4.69, 9.17) is 4.74 Å². The van der Waals surface area contributed by atoms with Crippen molar-refractivity contribution in [3.63, 3.8) is 0 Å². The molecule has 1 heterocycles. The summed E-state index contributed by atoms with van der Waals surface area (Å²) in [5, 5.41) is 0. The van der Waals surface area contributed by atoms with Crippen LogP contribution in [0.5, 0.6) is 0 Å². The van der Waals surface area contributed by atoms with E-state index in [0.29, 0.717) is 5.92 Å². The molecule has 1 fully saturated rings. The zero-order valence-corrected chi connectivity index (χ0v) is 8.18. The van der Waals surface area contributed by atoms with Crippen molar-refractivity contribution in [2.45, 2.75) is 46.1 Å². The summed E-state index contributed by atoms with van der Waals surface area (Å²) < 4.78 is 5.51. The Morgan fingerprint density at radius 2 is 1.82 bits per heavy atom. The summed E-state index contributed by atoms with van der Waals surface area (Å²) in [6.45, 7) is 10.1. The van der Waals surface area contributed by atoms with Gasteiger partial charge in [-0.05, 0) is 24.7 Å². The third-order valence-electron chi connectivity index (χ3n) is 2.71. The van der Waals surface area contributed by atoms with Crippen LogP contribution in [0.15, 0.2) is 0 Å². The van der Waals surface area contributed by atoms with Gasteiger partial charge in [-0.3, -0.25) is 0 Å². The van der Waals surface area contributed by atoms with Crippen molar-refractivity contribution in [2.24, 2.45) is 11.8 Å². The Balaban J connectivity index is 2.25. The van der Waals surface area contributed by atoms with Gasteiger partial charge in [0.25, 0.3) is 0 Å². The molecule has 1 nitrogen and oxygen atoms in total. The lowest BCUT2D eigenvalue weighted by atomic mass is 9.89. The first kappa shape index (κ1) is 9.05. The second kappa shape index (κ2) is 3.14. The molecule has 0 bridgehead atoms. The number of rotatable bonds is 4. The third-order valence-corrected chi connectivity index (χ3v) is 2.71. The first-order valence-corrected chi connectivity index (χ1v) is 4.71. The minimum Gasteiger partial charge on any atom is -0.369 e. The van der Waals surface area contributed by atoms with Crippen LogP contribution in [0.25, 0.3) is 0 Å². The molecule has 1 aliphatic heterocycles. The van der Waals surface area contributed by atoms with Crippen molar-refractivity contribution >= 4 is 0 Å². The van der Waals surface area contributed by atoms with Crippen molar-refractivity contribution < 1.29 is 4.74 Å². The lowest BCUT2D eigenvalue weighted by Crippen LogP contribution is -2.19. The molecule has 0 radical (unpaired) electrons. The molecule has 0 amide bonds. The number of ether oxygens (including phenoxy) is 1. The van der Waals surface area contributed by atoms with Crippen molar-refractivity contribution in [3.05, 3.63) is 0 Å². The van der Waals surface area contributed by atoms with E-state index < -0.39 is 0 Å². The van der Waals surface area contributed by atoms with Gasteiger partial charge in [0.05, 0.1) is 12.2 Å². The van der Waals surface area contributed by atoms with Crippen molar-refractivity contribution in [1.82, 2.24) is 0 Å². The Morgan fingerprint density at radius 1 is 1.27 bits per heavy atom. The summed E-state index contributed by atoms with van der Waals surface area (Å²) >= 11 is 0. The van der Waals surface area contributed by atoms with Gasteiger partial charge < -0.3 is 4.74 Å². The van der Waals surface area contributed by atoms with Crippen LogP contribution >= 0.6 is 0 Å². The summed E-state index contributed by atoms with van der Waals surface area (Å²) in [5.74, 6) is 1.51. The fourth-order valence-corrected chi connectivity index (χ4v) is 1.39. The quantitative estimate of drug-likeness (QED) is 0.570. The molecule has 1 atom stereocenters. The molecule has 66 valence electrons. The van der Waals surface area contributed by atoms with Crippen molar-refractivity contribution in [1.29, 1.82) is 0 Å². The summed E-state index contributed by atoms with van der Waals surface area (Å²) in [4.78, 5) is 0. The van der Waals surface area contributed by atoms with Crippen LogP contribution in [0, 0.1) is 11.8 Å².